The number of benzene rings is 1. The molecule has 2 aliphatic carbocycles. The molecule has 2 atom stereocenters. The molecule has 0 amide bonds. The van der Waals surface area contributed by atoms with Crippen LogP contribution in [0.15, 0.2) is 23.8 Å². The molecule has 96 valence electrons. The summed E-state index contributed by atoms with van der Waals surface area (Å²) in [6, 6.07) is 5.77. The Hall–Kier alpha value is -0.460. The quantitative estimate of drug-likeness (QED) is 0.607. The van der Waals surface area contributed by atoms with Gasteiger partial charge in [-0.25, -0.2) is 0 Å². The second-order valence-corrected chi connectivity index (χ2v) is 7.04. The molecule has 0 N–H and O–H groups in total. The topological polar surface area (TPSA) is 0 Å². The van der Waals surface area contributed by atoms with Crippen molar-refractivity contribution in [2.75, 3.05) is 0 Å². The minimum Gasteiger partial charge on any atom is -0.0843 e. The van der Waals surface area contributed by atoms with Crippen LogP contribution >= 0.6 is 23.2 Å². The monoisotopic (exact) mass is 280 g/mol. The number of halogens is 2. The van der Waals surface area contributed by atoms with Gasteiger partial charge in [0, 0.05) is 10.0 Å². The van der Waals surface area contributed by atoms with Crippen molar-refractivity contribution >= 4 is 29.3 Å². The van der Waals surface area contributed by atoms with Crippen molar-refractivity contribution < 1.29 is 0 Å². The summed E-state index contributed by atoms with van der Waals surface area (Å²) < 4.78 is 0. The summed E-state index contributed by atoms with van der Waals surface area (Å²) in [5, 5.41) is 1.46. The summed E-state index contributed by atoms with van der Waals surface area (Å²) in [7, 11) is 0. The molecule has 2 aliphatic rings. The Morgan fingerprint density at radius 2 is 2.00 bits per heavy atom. The first-order valence-electron chi connectivity index (χ1n) is 6.65. The average Bonchev–Trinajstić information content (AvgIpc) is 2.84. The number of hydrogen-bond donors (Lipinski definition) is 0. The van der Waals surface area contributed by atoms with Crippen LogP contribution < -0.4 is 0 Å². The lowest BCUT2D eigenvalue weighted by Gasteiger charge is -2.33. The number of fused-ring (bicyclic) bond motifs is 2. The molecule has 2 saturated carbocycles. The second-order valence-electron chi connectivity index (χ2n) is 6.19. The van der Waals surface area contributed by atoms with E-state index >= 15 is 0 Å². The molecule has 2 fully saturated rings. The third kappa shape index (κ3) is 1.90. The lowest BCUT2D eigenvalue weighted by Crippen LogP contribution is -2.22. The lowest BCUT2D eigenvalue weighted by molar-refractivity contribution is 0.290. The molecule has 2 heteroatoms. The molecule has 0 aliphatic heterocycles. The standard InChI is InChI=1S/C16H18Cl2/c1-16(2)12-5-3-10(7-12)14(16)8-11-4-6-13(17)9-15(11)18/h4,6,8-10,12H,3,5,7H2,1-2H3/b14-8+/t10-,12+/m0/s1. The van der Waals surface area contributed by atoms with E-state index in [0.717, 1.165) is 22.4 Å². The number of hydrogen-bond acceptors (Lipinski definition) is 0. The summed E-state index contributed by atoms with van der Waals surface area (Å²) >= 11 is 12.2. The molecule has 0 unspecified atom stereocenters. The van der Waals surface area contributed by atoms with E-state index in [0.29, 0.717) is 10.4 Å². The van der Waals surface area contributed by atoms with Crippen LogP contribution in [-0.4, -0.2) is 0 Å². The molecule has 1 aromatic carbocycles. The van der Waals surface area contributed by atoms with Crippen molar-refractivity contribution in [1.82, 2.24) is 0 Å². The molecule has 0 saturated heterocycles. The van der Waals surface area contributed by atoms with Crippen LogP contribution in [-0.2, 0) is 0 Å². The van der Waals surface area contributed by atoms with Crippen molar-refractivity contribution in [3.8, 4) is 0 Å². The van der Waals surface area contributed by atoms with Crippen LogP contribution in [0.3, 0.4) is 0 Å². The first-order valence-corrected chi connectivity index (χ1v) is 7.41. The van der Waals surface area contributed by atoms with Gasteiger partial charge in [-0.15, -0.1) is 0 Å². The third-order valence-electron chi connectivity index (χ3n) is 4.91. The largest absolute Gasteiger partial charge is 0.0843 e. The van der Waals surface area contributed by atoms with Gasteiger partial charge >= 0.3 is 0 Å². The van der Waals surface area contributed by atoms with Crippen molar-refractivity contribution in [2.24, 2.45) is 17.3 Å². The summed E-state index contributed by atoms with van der Waals surface area (Å²) in [5.74, 6) is 1.64. The van der Waals surface area contributed by atoms with Gasteiger partial charge in [0.05, 0.1) is 0 Å². The zero-order valence-corrected chi connectivity index (χ0v) is 12.4. The second kappa shape index (κ2) is 4.28. The van der Waals surface area contributed by atoms with E-state index in [1.807, 2.05) is 18.2 Å². The minimum absolute atomic E-state index is 0.339. The van der Waals surface area contributed by atoms with Gasteiger partial charge in [-0.1, -0.05) is 54.8 Å². The van der Waals surface area contributed by atoms with Gasteiger partial charge in [0.1, 0.15) is 0 Å². The number of rotatable bonds is 1. The molecule has 2 bridgehead atoms. The molecule has 18 heavy (non-hydrogen) atoms. The van der Waals surface area contributed by atoms with Gasteiger partial charge in [0.25, 0.3) is 0 Å². The zero-order valence-electron chi connectivity index (χ0n) is 10.8. The minimum atomic E-state index is 0.339. The van der Waals surface area contributed by atoms with Crippen molar-refractivity contribution in [2.45, 2.75) is 33.1 Å². The SMILES string of the molecule is CC1(C)/C(=C/c2ccc(Cl)cc2Cl)[C@H]2CC[C@@H]1C2. The molecular formula is C16H18Cl2. The van der Waals surface area contributed by atoms with Crippen LogP contribution in [0.4, 0.5) is 0 Å². The van der Waals surface area contributed by atoms with Crippen molar-refractivity contribution in [3.63, 3.8) is 0 Å². The van der Waals surface area contributed by atoms with E-state index in [-0.39, 0.29) is 0 Å². The zero-order chi connectivity index (χ0) is 12.9. The van der Waals surface area contributed by atoms with Gasteiger partial charge in [-0.2, -0.15) is 0 Å². The maximum absolute atomic E-state index is 6.27. The highest BCUT2D eigenvalue weighted by Gasteiger charge is 2.48. The highest BCUT2D eigenvalue weighted by molar-refractivity contribution is 6.35. The molecule has 0 aromatic heterocycles. The van der Waals surface area contributed by atoms with Gasteiger partial charge in [0.15, 0.2) is 0 Å². The Morgan fingerprint density at radius 3 is 2.61 bits per heavy atom. The molecule has 1 aromatic rings. The molecule has 0 radical (unpaired) electrons. The fourth-order valence-electron chi connectivity index (χ4n) is 3.77. The Bertz CT molecular complexity index is 514. The summed E-state index contributed by atoms with van der Waals surface area (Å²) in [6.07, 6.45) is 6.42. The van der Waals surface area contributed by atoms with E-state index in [1.165, 1.54) is 19.3 Å². The fraction of sp³-hybridized carbons (Fsp3) is 0.500. The van der Waals surface area contributed by atoms with E-state index in [1.54, 1.807) is 5.57 Å². The third-order valence-corrected chi connectivity index (χ3v) is 5.47. The Kier molecular flexibility index (Phi) is 2.99. The van der Waals surface area contributed by atoms with Crippen LogP contribution in [0, 0.1) is 17.3 Å². The summed E-state index contributed by atoms with van der Waals surface area (Å²) in [6.45, 7) is 4.76. The highest BCUT2D eigenvalue weighted by atomic mass is 35.5. The van der Waals surface area contributed by atoms with E-state index in [2.05, 4.69) is 19.9 Å². The average molecular weight is 281 g/mol. The van der Waals surface area contributed by atoms with Gasteiger partial charge in [0.2, 0.25) is 0 Å². The highest BCUT2D eigenvalue weighted by Crippen LogP contribution is 2.59. The summed E-state index contributed by atoms with van der Waals surface area (Å²) in [4.78, 5) is 0. The Balaban J connectivity index is 2.01. The van der Waals surface area contributed by atoms with Crippen LogP contribution in [0.25, 0.3) is 6.08 Å². The van der Waals surface area contributed by atoms with Crippen LogP contribution in [0.5, 0.6) is 0 Å². The van der Waals surface area contributed by atoms with Gasteiger partial charge < -0.3 is 0 Å². The molecule has 0 heterocycles. The number of allylic oxidation sites excluding steroid dienone is 1. The first-order chi connectivity index (χ1) is 8.48. The first kappa shape index (κ1) is 12.6. The fourth-order valence-corrected chi connectivity index (χ4v) is 4.23. The Labute approximate surface area is 119 Å². The van der Waals surface area contributed by atoms with Gasteiger partial charge in [-0.3, -0.25) is 0 Å². The normalized spacial score (nSPS) is 31.2. The van der Waals surface area contributed by atoms with Crippen molar-refractivity contribution in [3.05, 3.63) is 39.4 Å². The molecule has 3 rings (SSSR count). The van der Waals surface area contributed by atoms with Crippen LogP contribution in [0.2, 0.25) is 10.0 Å². The van der Waals surface area contributed by atoms with Crippen molar-refractivity contribution in [1.29, 1.82) is 0 Å². The predicted octanol–water partition coefficient (Wildman–Crippen LogP) is 5.83. The maximum Gasteiger partial charge on any atom is 0.0493 e. The maximum atomic E-state index is 6.27. The predicted molar refractivity (Wildman–Crippen MR) is 79.1 cm³/mol. The van der Waals surface area contributed by atoms with E-state index < -0.39 is 0 Å². The van der Waals surface area contributed by atoms with Gasteiger partial charge in [-0.05, 0) is 54.2 Å². The lowest BCUT2D eigenvalue weighted by atomic mass is 9.72. The van der Waals surface area contributed by atoms with E-state index in [4.69, 9.17) is 23.2 Å². The molecular weight excluding hydrogens is 263 g/mol. The van der Waals surface area contributed by atoms with Crippen LogP contribution in [0.1, 0.15) is 38.7 Å². The molecule has 0 spiro atoms. The Morgan fingerprint density at radius 1 is 1.22 bits per heavy atom. The van der Waals surface area contributed by atoms with E-state index in [9.17, 15) is 0 Å². The summed E-state index contributed by atoms with van der Waals surface area (Å²) in [5.41, 5.74) is 3.03. The smallest absolute Gasteiger partial charge is 0.0493 e. The molecule has 0 nitrogen and oxygen atoms in total.